The van der Waals surface area contributed by atoms with Gasteiger partial charge in [-0.25, -0.2) is 4.39 Å². The second kappa shape index (κ2) is 7.05. The highest BCUT2D eigenvalue weighted by Gasteiger charge is 2.33. The third-order valence-electron chi connectivity index (χ3n) is 4.35. The molecule has 0 aromatic heterocycles. The van der Waals surface area contributed by atoms with Crippen LogP contribution in [0, 0.1) is 5.82 Å². The Morgan fingerprint density at radius 2 is 1.72 bits per heavy atom. The zero-order valence-electron chi connectivity index (χ0n) is 14.4. The molecule has 0 spiro atoms. The zero-order valence-corrected chi connectivity index (χ0v) is 14.4. The van der Waals surface area contributed by atoms with Crippen LogP contribution < -0.4 is 9.80 Å². The zero-order chi connectivity index (χ0) is 18.0. The number of anilines is 2. The number of hydrogen-bond acceptors (Lipinski definition) is 2. The molecule has 4 nitrogen and oxygen atoms in total. The Bertz CT molecular complexity index is 787. The highest BCUT2D eigenvalue weighted by Crippen LogP contribution is 2.35. The van der Waals surface area contributed by atoms with Crippen molar-refractivity contribution in [2.75, 3.05) is 16.3 Å². The van der Waals surface area contributed by atoms with Gasteiger partial charge >= 0.3 is 0 Å². The lowest BCUT2D eigenvalue weighted by molar-refractivity contribution is -0.123. The molecule has 1 aliphatic rings. The van der Waals surface area contributed by atoms with Gasteiger partial charge in [0.1, 0.15) is 12.4 Å². The Kier molecular flexibility index (Phi) is 4.83. The number of carbonyl (C=O) groups is 2. The lowest BCUT2D eigenvalue weighted by Gasteiger charge is -2.38. The Morgan fingerprint density at radius 1 is 1.08 bits per heavy atom. The predicted octanol–water partition coefficient (Wildman–Crippen LogP) is 3.55. The highest BCUT2D eigenvalue weighted by molar-refractivity contribution is 6.11. The molecule has 0 radical (unpaired) electrons. The lowest BCUT2D eigenvalue weighted by Crippen LogP contribution is -2.50. The predicted molar refractivity (Wildman–Crippen MR) is 96.1 cm³/mol. The first-order valence-electron chi connectivity index (χ1n) is 8.43. The molecule has 5 heteroatoms. The largest absolute Gasteiger partial charge is 0.306 e. The smallest absolute Gasteiger partial charge is 0.247 e. The summed E-state index contributed by atoms with van der Waals surface area (Å²) in [6.07, 6.45) is 0.786. The number of benzene rings is 2. The van der Waals surface area contributed by atoms with Crippen LogP contribution in [0.1, 0.15) is 25.8 Å². The number of amides is 2. The molecule has 130 valence electrons. The molecule has 0 bridgehead atoms. The van der Waals surface area contributed by atoms with Crippen LogP contribution in [0.25, 0.3) is 0 Å². The van der Waals surface area contributed by atoms with Crippen LogP contribution in [0.3, 0.4) is 0 Å². The normalized spacial score (nSPS) is 14.0. The van der Waals surface area contributed by atoms with Gasteiger partial charge in [0.25, 0.3) is 0 Å². The molecular weight excluding hydrogens is 319 g/mol. The standard InChI is InChI=1S/C20H21FN2O2/c1-14(2)23-18-6-4-3-5-17(18)22(13-20(23)25)19(24)12-9-15-7-10-16(21)11-8-15/h3-8,10-11,14H,9,12-13H2,1-2H3. The fourth-order valence-electron chi connectivity index (χ4n) is 3.15. The van der Waals surface area contributed by atoms with E-state index in [9.17, 15) is 14.0 Å². The number of nitrogens with zero attached hydrogens (tertiary/aromatic N) is 2. The van der Waals surface area contributed by atoms with Gasteiger partial charge in [-0.15, -0.1) is 0 Å². The van der Waals surface area contributed by atoms with E-state index in [1.807, 2.05) is 38.1 Å². The van der Waals surface area contributed by atoms with Gasteiger partial charge in [-0.1, -0.05) is 24.3 Å². The maximum atomic E-state index is 13.0. The molecule has 25 heavy (non-hydrogen) atoms. The maximum absolute atomic E-state index is 13.0. The average molecular weight is 340 g/mol. The average Bonchev–Trinajstić information content (AvgIpc) is 2.59. The Labute approximate surface area is 146 Å². The topological polar surface area (TPSA) is 40.6 Å². The van der Waals surface area contributed by atoms with Crippen LogP contribution in [0.5, 0.6) is 0 Å². The molecule has 2 aromatic carbocycles. The molecule has 2 amide bonds. The number of halogens is 1. The number of fused-ring (bicyclic) bond motifs is 1. The van der Waals surface area contributed by atoms with Gasteiger partial charge in [0, 0.05) is 12.5 Å². The number of rotatable bonds is 4. The van der Waals surface area contributed by atoms with E-state index >= 15 is 0 Å². The Balaban J connectivity index is 1.79. The van der Waals surface area contributed by atoms with E-state index in [1.54, 1.807) is 21.9 Å². The van der Waals surface area contributed by atoms with Crippen molar-refractivity contribution in [3.05, 3.63) is 59.9 Å². The van der Waals surface area contributed by atoms with Crippen molar-refractivity contribution in [3.63, 3.8) is 0 Å². The molecule has 2 aromatic rings. The summed E-state index contributed by atoms with van der Waals surface area (Å²) in [6.45, 7) is 3.97. The molecule has 0 atom stereocenters. The van der Waals surface area contributed by atoms with E-state index in [0.29, 0.717) is 6.42 Å². The van der Waals surface area contributed by atoms with Crippen molar-refractivity contribution in [3.8, 4) is 0 Å². The summed E-state index contributed by atoms with van der Waals surface area (Å²) >= 11 is 0. The molecule has 1 heterocycles. The minimum atomic E-state index is -0.292. The Hall–Kier alpha value is -2.69. The van der Waals surface area contributed by atoms with Crippen LogP contribution in [0.15, 0.2) is 48.5 Å². The number of para-hydroxylation sites is 2. The summed E-state index contributed by atoms with van der Waals surface area (Å²) in [6, 6.07) is 13.6. The van der Waals surface area contributed by atoms with Gasteiger partial charge in [-0.2, -0.15) is 0 Å². The molecule has 0 saturated carbocycles. The number of hydrogen-bond donors (Lipinski definition) is 0. The SMILES string of the molecule is CC(C)N1C(=O)CN(C(=O)CCc2ccc(F)cc2)c2ccccc21. The summed E-state index contributed by atoms with van der Waals surface area (Å²) < 4.78 is 13.0. The molecular formula is C20H21FN2O2. The van der Waals surface area contributed by atoms with Gasteiger partial charge < -0.3 is 9.80 Å². The van der Waals surface area contributed by atoms with Crippen LogP contribution in [0.4, 0.5) is 15.8 Å². The van der Waals surface area contributed by atoms with Crippen molar-refractivity contribution >= 4 is 23.2 Å². The van der Waals surface area contributed by atoms with Crippen LogP contribution in [0.2, 0.25) is 0 Å². The van der Waals surface area contributed by atoms with Gasteiger partial charge in [0.05, 0.1) is 11.4 Å². The molecule has 3 rings (SSSR count). The fourth-order valence-corrected chi connectivity index (χ4v) is 3.15. The number of carbonyl (C=O) groups excluding carboxylic acids is 2. The second-order valence-electron chi connectivity index (χ2n) is 6.45. The molecule has 1 aliphatic heterocycles. The summed E-state index contributed by atoms with van der Waals surface area (Å²) in [5.41, 5.74) is 2.43. The lowest BCUT2D eigenvalue weighted by atomic mass is 10.1. The third-order valence-corrected chi connectivity index (χ3v) is 4.35. The summed E-state index contributed by atoms with van der Waals surface area (Å²) in [5.74, 6) is -0.475. The summed E-state index contributed by atoms with van der Waals surface area (Å²) in [7, 11) is 0. The molecule has 0 unspecified atom stereocenters. The van der Waals surface area contributed by atoms with E-state index in [1.165, 1.54) is 12.1 Å². The van der Waals surface area contributed by atoms with Crippen molar-refractivity contribution < 1.29 is 14.0 Å². The molecule has 0 saturated heterocycles. The monoisotopic (exact) mass is 340 g/mol. The van der Waals surface area contributed by atoms with Crippen molar-refractivity contribution in [2.24, 2.45) is 0 Å². The van der Waals surface area contributed by atoms with Crippen LogP contribution >= 0.6 is 0 Å². The van der Waals surface area contributed by atoms with E-state index in [2.05, 4.69) is 0 Å². The van der Waals surface area contributed by atoms with Gasteiger partial charge in [0.15, 0.2) is 0 Å². The molecule has 0 N–H and O–H groups in total. The first-order valence-corrected chi connectivity index (χ1v) is 8.43. The molecule has 0 fully saturated rings. The van der Waals surface area contributed by atoms with Crippen molar-refractivity contribution in [1.82, 2.24) is 0 Å². The van der Waals surface area contributed by atoms with Crippen LogP contribution in [-0.4, -0.2) is 24.4 Å². The second-order valence-corrected chi connectivity index (χ2v) is 6.45. The minimum absolute atomic E-state index is 0.0325. The van der Waals surface area contributed by atoms with Gasteiger partial charge in [0.2, 0.25) is 11.8 Å². The van der Waals surface area contributed by atoms with Crippen molar-refractivity contribution in [2.45, 2.75) is 32.7 Å². The highest BCUT2D eigenvalue weighted by atomic mass is 19.1. The van der Waals surface area contributed by atoms with Crippen LogP contribution in [-0.2, 0) is 16.0 Å². The molecule has 0 aliphatic carbocycles. The van der Waals surface area contributed by atoms with Crippen molar-refractivity contribution in [1.29, 1.82) is 0 Å². The summed E-state index contributed by atoms with van der Waals surface area (Å²) in [5, 5.41) is 0. The number of aryl methyl sites for hydroxylation is 1. The minimum Gasteiger partial charge on any atom is -0.306 e. The first kappa shape index (κ1) is 17.1. The van der Waals surface area contributed by atoms with E-state index < -0.39 is 0 Å². The quantitative estimate of drug-likeness (QED) is 0.854. The van der Waals surface area contributed by atoms with E-state index in [0.717, 1.165) is 16.9 Å². The fraction of sp³-hybridized carbons (Fsp3) is 0.300. The van der Waals surface area contributed by atoms with Gasteiger partial charge in [-0.3, -0.25) is 9.59 Å². The maximum Gasteiger partial charge on any atom is 0.247 e. The van der Waals surface area contributed by atoms with E-state index in [-0.39, 0.29) is 36.6 Å². The summed E-state index contributed by atoms with van der Waals surface area (Å²) in [4.78, 5) is 28.5. The Morgan fingerprint density at radius 3 is 2.36 bits per heavy atom. The van der Waals surface area contributed by atoms with E-state index in [4.69, 9.17) is 0 Å². The van der Waals surface area contributed by atoms with Gasteiger partial charge in [-0.05, 0) is 50.1 Å². The third kappa shape index (κ3) is 3.55. The first-order chi connectivity index (χ1) is 12.0.